The molecule has 0 aliphatic carbocycles. The predicted octanol–water partition coefficient (Wildman–Crippen LogP) is 4.43. The van der Waals surface area contributed by atoms with Gasteiger partial charge in [0.15, 0.2) is 0 Å². The Kier molecular flexibility index (Phi) is 5.49. The van der Waals surface area contributed by atoms with Crippen LogP contribution < -0.4 is 5.32 Å². The van der Waals surface area contributed by atoms with Gasteiger partial charge in [-0.25, -0.2) is 4.79 Å². The Hall–Kier alpha value is -2.82. The fourth-order valence-corrected chi connectivity index (χ4v) is 3.60. The van der Waals surface area contributed by atoms with E-state index in [1.807, 2.05) is 63.2 Å². The molecule has 1 unspecified atom stereocenters. The largest absolute Gasteiger partial charge is 0.445 e. The molecule has 27 heavy (non-hydrogen) atoms. The maximum Gasteiger partial charge on any atom is 0.410 e. The number of nitrogens with one attached hydrogen (secondary N) is 1. The van der Waals surface area contributed by atoms with E-state index in [0.29, 0.717) is 13.0 Å². The Morgan fingerprint density at radius 1 is 1.11 bits per heavy atom. The molecule has 1 fully saturated rings. The van der Waals surface area contributed by atoms with Crippen molar-refractivity contribution in [3.8, 4) is 0 Å². The van der Waals surface area contributed by atoms with Gasteiger partial charge in [0.2, 0.25) is 5.91 Å². The molecule has 0 radical (unpaired) electrons. The summed E-state index contributed by atoms with van der Waals surface area (Å²) in [6.45, 7) is 6.51. The van der Waals surface area contributed by atoms with E-state index in [1.165, 1.54) is 0 Å². The van der Waals surface area contributed by atoms with E-state index in [4.69, 9.17) is 4.74 Å². The van der Waals surface area contributed by atoms with Crippen LogP contribution in [0.2, 0.25) is 0 Å². The molecule has 5 heteroatoms. The van der Waals surface area contributed by atoms with Crippen LogP contribution in [0, 0.1) is 13.8 Å². The second kappa shape index (κ2) is 7.82. The molecule has 2 aromatic carbocycles. The molecule has 0 bridgehead atoms. The molecule has 1 atom stereocenters. The molecule has 1 aliphatic rings. The minimum atomic E-state index is -0.911. The van der Waals surface area contributed by atoms with Gasteiger partial charge in [0.25, 0.3) is 0 Å². The third-order valence-corrected chi connectivity index (χ3v) is 5.04. The van der Waals surface area contributed by atoms with Crippen LogP contribution in [0.5, 0.6) is 0 Å². The lowest BCUT2D eigenvalue weighted by Gasteiger charge is -2.33. The normalized spacial score (nSPS) is 19.0. The van der Waals surface area contributed by atoms with Crippen molar-refractivity contribution in [2.75, 3.05) is 11.9 Å². The van der Waals surface area contributed by atoms with E-state index in [2.05, 4.69) is 11.4 Å². The first kappa shape index (κ1) is 19.0. The van der Waals surface area contributed by atoms with E-state index in [9.17, 15) is 9.59 Å². The van der Waals surface area contributed by atoms with Gasteiger partial charge in [0.05, 0.1) is 0 Å². The molecule has 0 aromatic heterocycles. The number of benzene rings is 2. The second-order valence-corrected chi connectivity index (χ2v) is 7.40. The van der Waals surface area contributed by atoms with Gasteiger partial charge in [-0.05, 0) is 62.4 Å². The average molecular weight is 366 g/mol. The Morgan fingerprint density at radius 2 is 1.78 bits per heavy atom. The summed E-state index contributed by atoms with van der Waals surface area (Å²) in [6.07, 6.45) is 0.941. The number of hydrogen-bond acceptors (Lipinski definition) is 3. The highest BCUT2D eigenvalue weighted by Crippen LogP contribution is 2.31. The maximum absolute atomic E-state index is 13.0. The van der Waals surface area contributed by atoms with Crippen LogP contribution in [-0.2, 0) is 16.1 Å². The predicted molar refractivity (Wildman–Crippen MR) is 106 cm³/mol. The summed E-state index contributed by atoms with van der Waals surface area (Å²) in [6, 6.07) is 15.5. The van der Waals surface area contributed by atoms with Crippen LogP contribution in [0.1, 0.15) is 36.5 Å². The standard InChI is InChI=1S/C22H26N2O3/c1-16-12-17(2)14-19(13-16)23-20(25)22(3)10-7-11-24(22)21(26)27-15-18-8-5-4-6-9-18/h4-6,8-9,12-14H,7,10-11,15H2,1-3H3,(H,23,25). The topological polar surface area (TPSA) is 58.6 Å². The summed E-state index contributed by atoms with van der Waals surface area (Å²) in [5.74, 6) is -0.179. The SMILES string of the molecule is Cc1cc(C)cc(NC(=O)C2(C)CCCN2C(=O)OCc2ccccc2)c1. The molecule has 0 spiro atoms. The molecule has 3 rings (SSSR count). The summed E-state index contributed by atoms with van der Waals surface area (Å²) in [4.78, 5) is 27.2. The zero-order valence-electron chi connectivity index (χ0n) is 16.1. The molecule has 2 aromatic rings. The molecule has 142 valence electrons. The van der Waals surface area contributed by atoms with Gasteiger partial charge in [-0.3, -0.25) is 9.69 Å². The van der Waals surface area contributed by atoms with Crippen molar-refractivity contribution in [3.05, 3.63) is 65.2 Å². The Morgan fingerprint density at radius 3 is 2.44 bits per heavy atom. The lowest BCUT2D eigenvalue weighted by Crippen LogP contribution is -2.53. The van der Waals surface area contributed by atoms with Crippen molar-refractivity contribution in [3.63, 3.8) is 0 Å². The van der Waals surface area contributed by atoms with Crippen LogP contribution in [0.25, 0.3) is 0 Å². The van der Waals surface area contributed by atoms with E-state index in [1.54, 1.807) is 4.90 Å². The van der Waals surface area contributed by atoms with Gasteiger partial charge in [-0.1, -0.05) is 36.4 Å². The number of anilines is 1. The number of rotatable bonds is 4. The van der Waals surface area contributed by atoms with Crippen LogP contribution in [0.3, 0.4) is 0 Å². The molecule has 1 aliphatic heterocycles. The Balaban J connectivity index is 1.69. The second-order valence-electron chi connectivity index (χ2n) is 7.40. The monoisotopic (exact) mass is 366 g/mol. The fraction of sp³-hybridized carbons (Fsp3) is 0.364. The molecule has 1 saturated heterocycles. The van der Waals surface area contributed by atoms with Crippen molar-refractivity contribution < 1.29 is 14.3 Å². The average Bonchev–Trinajstić information content (AvgIpc) is 3.03. The van der Waals surface area contributed by atoms with Crippen molar-refractivity contribution in [2.45, 2.75) is 45.8 Å². The smallest absolute Gasteiger partial charge is 0.410 e. The zero-order chi connectivity index (χ0) is 19.4. The lowest BCUT2D eigenvalue weighted by molar-refractivity contribution is -0.125. The van der Waals surface area contributed by atoms with Gasteiger partial charge >= 0.3 is 6.09 Å². The summed E-state index contributed by atoms with van der Waals surface area (Å²) in [5, 5.41) is 2.98. The van der Waals surface area contributed by atoms with E-state index >= 15 is 0 Å². The highest BCUT2D eigenvalue weighted by atomic mass is 16.6. The number of amides is 2. The first-order valence-electron chi connectivity index (χ1n) is 9.26. The molecule has 1 N–H and O–H groups in total. The zero-order valence-corrected chi connectivity index (χ0v) is 16.1. The van der Waals surface area contributed by atoms with E-state index in [-0.39, 0.29) is 12.5 Å². The third kappa shape index (κ3) is 4.30. The maximum atomic E-state index is 13.0. The van der Waals surface area contributed by atoms with Gasteiger partial charge in [0, 0.05) is 12.2 Å². The third-order valence-electron chi connectivity index (χ3n) is 5.04. The highest BCUT2D eigenvalue weighted by Gasteiger charge is 2.46. The molecule has 5 nitrogen and oxygen atoms in total. The fourth-order valence-electron chi connectivity index (χ4n) is 3.60. The molecule has 0 saturated carbocycles. The number of carbonyl (C=O) groups is 2. The van der Waals surface area contributed by atoms with Crippen LogP contribution >= 0.6 is 0 Å². The van der Waals surface area contributed by atoms with E-state index in [0.717, 1.165) is 28.8 Å². The van der Waals surface area contributed by atoms with Gasteiger partial charge in [-0.2, -0.15) is 0 Å². The van der Waals surface area contributed by atoms with Gasteiger partial charge in [0.1, 0.15) is 12.1 Å². The van der Waals surface area contributed by atoms with Crippen molar-refractivity contribution >= 4 is 17.7 Å². The first-order valence-corrected chi connectivity index (χ1v) is 9.26. The highest BCUT2D eigenvalue weighted by molar-refractivity contribution is 6.00. The number of aryl methyl sites for hydroxylation is 2. The van der Waals surface area contributed by atoms with Crippen molar-refractivity contribution in [1.82, 2.24) is 4.90 Å². The number of hydrogen-bond donors (Lipinski definition) is 1. The molecule has 1 heterocycles. The summed E-state index contributed by atoms with van der Waals surface area (Å²) >= 11 is 0. The van der Waals surface area contributed by atoms with Gasteiger partial charge in [-0.15, -0.1) is 0 Å². The van der Waals surface area contributed by atoms with Crippen molar-refractivity contribution in [1.29, 1.82) is 0 Å². The molecular formula is C22H26N2O3. The van der Waals surface area contributed by atoms with Crippen LogP contribution in [0.4, 0.5) is 10.5 Å². The Bertz CT molecular complexity index is 814. The van der Waals surface area contributed by atoms with Crippen LogP contribution in [0.15, 0.2) is 48.5 Å². The number of ether oxygens (including phenoxy) is 1. The molecular weight excluding hydrogens is 340 g/mol. The summed E-state index contributed by atoms with van der Waals surface area (Å²) in [7, 11) is 0. The molecule has 2 amide bonds. The number of carbonyl (C=O) groups excluding carboxylic acids is 2. The minimum absolute atomic E-state index is 0.179. The summed E-state index contributed by atoms with van der Waals surface area (Å²) in [5.41, 5.74) is 2.93. The lowest BCUT2D eigenvalue weighted by atomic mass is 9.97. The van der Waals surface area contributed by atoms with Crippen LogP contribution in [-0.4, -0.2) is 29.0 Å². The quantitative estimate of drug-likeness (QED) is 0.871. The van der Waals surface area contributed by atoms with Gasteiger partial charge < -0.3 is 10.1 Å². The Labute approximate surface area is 160 Å². The number of likely N-dealkylation sites (tertiary alicyclic amines) is 1. The van der Waals surface area contributed by atoms with Crippen molar-refractivity contribution in [2.24, 2.45) is 0 Å². The minimum Gasteiger partial charge on any atom is -0.445 e. The first-order chi connectivity index (χ1) is 12.9. The number of nitrogens with zero attached hydrogens (tertiary/aromatic N) is 1. The van der Waals surface area contributed by atoms with E-state index < -0.39 is 11.6 Å². The summed E-state index contributed by atoms with van der Waals surface area (Å²) < 4.78 is 5.45.